The van der Waals surface area contributed by atoms with Gasteiger partial charge in [-0.1, -0.05) is 30.7 Å². The highest BCUT2D eigenvalue weighted by Crippen LogP contribution is 2.31. The van der Waals surface area contributed by atoms with Crippen LogP contribution in [0.15, 0.2) is 24.3 Å². The Balaban J connectivity index is 1.60. The summed E-state index contributed by atoms with van der Waals surface area (Å²) in [7, 11) is 0. The van der Waals surface area contributed by atoms with E-state index in [1.165, 1.54) is 30.4 Å². The summed E-state index contributed by atoms with van der Waals surface area (Å²) >= 11 is 0. The number of amides is 1. The van der Waals surface area contributed by atoms with E-state index in [1.807, 2.05) is 6.07 Å². The van der Waals surface area contributed by atoms with E-state index in [9.17, 15) is 4.79 Å². The molecule has 0 bridgehead atoms. The molecule has 0 spiro atoms. The first kappa shape index (κ1) is 13.6. The molecule has 3 rings (SSSR count). The maximum absolute atomic E-state index is 12.5. The number of nitrogens with one attached hydrogen (secondary N) is 2. The Morgan fingerprint density at radius 1 is 1.20 bits per heavy atom. The van der Waals surface area contributed by atoms with E-state index in [0.29, 0.717) is 6.04 Å². The Morgan fingerprint density at radius 2 is 2.10 bits per heavy atom. The number of hydrogen-bond acceptors (Lipinski definition) is 2. The minimum absolute atomic E-state index is 0.0588. The van der Waals surface area contributed by atoms with Crippen molar-refractivity contribution in [1.82, 2.24) is 10.6 Å². The molecule has 2 atom stereocenters. The molecule has 1 aliphatic heterocycles. The summed E-state index contributed by atoms with van der Waals surface area (Å²) in [6, 6.07) is 8.87. The molecule has 1 aliphatic carbocycles. The fourth-order valence-electron chi connectivity index (χ4n) is 3.47. The van der Waals surface area contributed by atoms with Gasteiger partial charge in [0.2, 0.25) is 5.91 Å². The maximum atomic E-state index is 12.5. The molecule has 0 saturated carbocycles. The molecule has 1 aromatic rings. The number of benzene rings is 1. The van der Waals surface area contributed by atoms with E-state index in [-0.39, 0.29) is 11.8 Å². The molecule has 1 fully saturated rings. The summed E-state index contributed by atoms with van der Waals surface area (Å²) in [5.41, 5.74) is 2.60. The molecule has 3 nitrogen and oxygen atoms in total. The molecule has 108 valence electrons. The average molecular weight is 272 g/mol. The number of rotatable bonds is 3. The second-order valence-electron chi connectivity index (χ2n) is 6.04. The minimum Gasteiger partial charge on any atom is -0.354 e. The lowest BCUT2D eigenvalue weighted by Gasteiger charge is -2.27. The summed E-state index contributed by atoms with van der Waals surface area (Å²) in [6.07, 6.45) is 6.95. The summed E-state index contributed by atoms with van der Waals surface area (Å²) in [5, 5.41) is 6.64. The minimum atomic E-state index is 0.0588. The van der Waals surface area contributed by atoms with Crippen molar-refractivity contribution in [3.05, 3.63) is 35.4 Å². The van der Waals surface area contributed by atoms with E-state index < -0.39 is 0 Å². The van der Waals surface area contributed by atoms with Gasteiger partial charge < -0.3 is 10.6 Å². The van der Waals surface area contributed by atoms with Crippen molar-refractivity contribution < 1.29 is 4.79 Å². The Kier molecular flexibility index (Phi) is 4.36. The third-order valence-corrected chi connectivity index (χ3v) is 4.62. The first-order valence-electron chi connectivity index (χ1n) is 7.93. The Morgan fingerprint density at radius 3 is 2.95 bits per heavy atom. The van der Waals surface area contributed by atoms with E-state index >= 15 is 0 Å². The van der Waals surface area contributed by atoms with Crippen LogP contribution in [-0.4, -0.2) is 25.0 Å². The molecule has 1 aromatic carbocycles. The predicted octanol–water partition coefficient (Wildman–Crippen LogP) is 2.36. The lowest BCUT2D eigenvalue weighted by Crippen LogP contribution is -2.44. The number of fused-ring (bicyclic) bond motifs is 1. The second-order valence-corrected chi connectivity index (χ2v) is 6.04. The highest BCUT2D eigenvalue weighted by atomic mass is 16.1. The van der Waals surface area contributed by atoms with E-state index in [4.69, 9.17) is 0 Å². The van der Waals surface area contributed by atoms with Gasteiger partial charge in [-0.2, -0.15) is 0 Å². The van der Waals surface area contributed by atoms with Gasteiger partial charge in [-0.15, -0.1) is 0 Å². The molecular weight excluding hydrogens is 248 g/mol. The second kappa shape index (κ2) is 6.40. The van der Waals surface area contributed by atoms with Crippen LogP contribution in [0, 0.1) is 0 Å². The van der Waals surface area contributed by atoms with Crippen molar-refractivity contribution in [2.75, 3.05) is 13.1 Å². The van der Waals surface area contributed by atoms with Gasteiger partial charge in [0, 0.05) is 12.6 Å². The number of piperidine rings is 1. The van der Waals surface area contributed by atoms with Gasteiger partial charge >= 0.3 is 0 Å². The van der Waals surface area contributed by atoms with Gasteiger partial charge in [0.05, 0.1) is 5.92 Å². The number of carbonyl (C=O) groups excluding carboxylic acids is 1. The first-order valence-corrected chi connectivity index (χ1v) is 7.93. The van der Waals surface area contributed by atoms with E-state index in [1.54, 1.807) is 0 Å². The van der Waals surface area contributed by atoms with Crippen molar-refractivity contribution in [3.63, 3.8) is 0 Å². The Bertz CT molecular complexity index is 466. The van der Waals surface area contributed by atoms with Crippen LogP contribution in [0.4, 0.5) is 0 Å². The molecule has 20 heavy (non-hydrogen) atoms. The van der Waals surface area contributed by atoms with Crippen molar-refractivity contribution in [1.29, 1.82) is 0 Å². The average Bonchev–Trinajstić information content (AvgIpc) is 2.53. The summed E-state index contributed by atoms with van der Waals surface area (Å²) < 4.78 is 0. The molecule has 1 heterocycles. The molecule has 1 saturated heterocycles. The van der Waals surface area contributed by atoms with Gasteiger partial charge in [-0.3, -0.25) is 4.79 Å². The van der Waals surface area contributed by atoms with Crippen LogP contribution in [-0.2, 0) is 11.2 Å². The Labute approximate surface area is 121 Å². The smallest absolute Gasteiger partial charge is 0.227 e. The van der Waals surface area contributed by atoms with Gasteiger partial charge in [-0.05, 0) is 49.8 Å². The SMILES string of the molecule is O=C(NCC1CCCCN1)C1CCCc2ccccc21. The van der Waals surface area contributed by atoms with E-state index in [0.717, 1.165) is 32.4 Å². The van der Waals surface area contributed by atoms with Crippen LogP contribution >= 0.6 is 0 Å². The number of aryl methyl sites for hydroxylation is 1. The molecule has 2 N–H and O–H groups in total. The number of carbonyl (C=O) groups is 1. The fourth-order valence-corrected chi connectivity index (χ4v) is 3.47. The van der Waals surface area contributed by atoms with Gasteiger partial charge in [-0.25, -0.2) is 0 Å². The molecule has 3 heteroatoms. The highest BCUT2D eigenvalue weighted by Gasteiger charge is 2.26. The van der Waals surface area contributed by atoms with Crippen LogP contribution in [0.1, 0.15) is 49.1 Å². The topological polar surface area (TPSA) is 41.1 Å². The molecule has 2 aliphatic rings. The summed E-state index contributed by atoms with van der Waals surface area (Å²) in [6.45, 7) is 1.87. The third-order valence-electron chi connectivity index (χ3n) is 4.62. The van der Waals surface area contributed by atoms with Crippen molar-refractivity contribution in [3.8, 4) is 0 Å². The zero-order chi connectivity index (χ0) is 13.8. The molecular formula is C17H24N2O. The lowest BCUT2D eigenvalue weighted by atomic mass is 9.82. The van der Waals surface area contributed by atoms with Crippen LogP contribution in [0.5, 0.6) is 0 Å². The van der Waals surface area contributed by atoms with Crippen LogP contribution in [0.3, 0.4) is 0 Å². The van der Waals surface area contributed by atoms with Crippen molar-refractivity contribution >= 4 is 5.91 Å². The third kappa shape index (κ3) is 3.04. The van der Waals surface area contributed by atoms with E-state index in [2.05, 4.69) is 28.8 Å². The van der Waals surface area contributed by atoms with Gasteiger partial charge in [0.25, 0.3) is 0 Å². The normalized spacial score (nSPS) is 25.8. The monoisotopic (exact) mass is 272 g/mol. The van der Waals surface area contributed by atoms with Gasteiger partial charge in [0.1, 0.15) is 0 Å². The van der Waals surface area contributed by atoms with Gasteiger partial charge in [0.15, 0.2) is 0 Å². The molecule has 0 aromatic heterocycles. The quantitative estimate of drug-likeness (QED) is 0.887. The zero-order valence-electron chi connectivity index (χ0n) is 12.0. The Hall–Kier alpha value is -1.35. The van der Waals surface area contributed by atoms with Crippen LogP contribution in [0.2, 0.25) is 0 Å². The van der Waals surface area contributed by atoms with Crippen molar-refractivity contribution in [2.24, 2.45) is 0 Å². The summed E-state index contributed by atoms with van der Waals surface area (Å²) in [4.78, 5) is 12.5. The molecule has 2 unspecified atom stereocenters. The highest BCUT2D eigenvalue weighted by molar-refractivity contribution is 5.84. The number of hydrogen-bond donors (Lipinski definition) is 2. The first-order chi connectivity index (χ1) is 9.84. The largest absolute Gasteiger partial charge is 0.354 e. The molecule has 0 radical (unpaired) electrons. The molecule has 1 amide bonds. The predicted molar refractivity (Wildman–Crippen MR) is 80.8 cm³/mol. The fraction of sp³-hybridized carbons (Fsp3) is 0.588. The lowest BCUT2D eigenvalue weighted by molar-refractivity contribution is -0.123. The standard InChI is InChI=1S/C17H24N2O/c20-17(19-12-14-8-3-4-11-18-14)16-10-5-7-13-6-1-2-9-15(13)16/h1-2,6,9,14,16,18H,3-5,7-8,10-12H2,(H,19,20). The van der Waals surface area contributed by atoms with Crippen LogP contribution < -0.4 is 10.6 Å². The maximum Gasteiger partial charge on any atom is 0.227 e. The van der Waals surface area contributed by atoms with Crippen LogP contribution in [0.25, 0.3) is 0 Å². The summed E-state index contributed by atoms with van der Waals surface area (Å²) in [5.74, 6) is 0.271. The van der Waals surface area contributed by atoms with Crippen molar-refractivity contribution in [2.45, 2.75) is 50.5 Å². The zero-order valence-corrected chi connectivity index (χ0v) is 12.0.